The quantitative estimate of drug-likeness (QED) is 0.882. The summed E-state index contributed by atoms with van der Waals surface area (Å²) >= 11 is 0. The summed E-state index contributed by atoms with van der Waals surface area (Å²) in [4.78, 5) is 0. The van der Waals surface area contributed by atoms with Gasteiger partial charge in [0.15, 0.2) is 0 Å². The van der Waals surface area contributed by atoms with Gasteiger partial charge < -0.3 is 14.8 Å². The third kappa shape index (κ3) is 3.04. The van der Waals surface area contributed by atoms with E-state index < -0.39 is 0 Å². The van der Waals surface area contributed by atoms with Crippen LogP contribution in [-0.2, 0) is 4.74 Å². The molecule has 112 valence electrons. The van der Waals surface area contributed by atoms with Crippen LogP contribution in [0.5, 0.6) is 5.75 Å². The molecule has 0 bridgehead atoms. The van der Waals surface area contributed by atoms with Crippen molar-refractivity contribution >= 4 is 10.8 Å². The minimum Gasteiger partial charge on any atom is -0.488 e. The number of likely N-dealkylation sites (N-methyl/N-ethyl adjacent to an activating group) is 1. The number of nitrogens with one attached hydrogen (secondary N) is 1. The van der Waals surface area contributed by atoms with Crippen LogP contribution in [0, 0.1) is 0 Å². The molecule has 0 heterocycles. The predicted octanol–water partition coefficient (Wildman–Crippen LogP) is 3.37. The minimum atomic E-state index is 0.148. The van der Waals surface area contributed by atoms with Gasteiger partial charge in [0.2, 0.25) is 0 Å². The molecule has 0 saturated heterocycles. The first kappa shape index (κ1) is 14.4. The first-order valence-corrected chi connectivity index (χ1v) is 7.82. The number of ether oxygens (including phenoxy) is 2. The Morgan fingerprint density at radius 1 is 1.10 bits per heavy atom. The second-order valence-corrected chi connectivity index (χ2v) is 5.49. The first-order valence-electron chi connectivity index (χ1n) is 7.82. The van der Waals surface area contributed by atoms with Crippen LogP contribution < -0.4 is 10.1 Å². The maximum Gasteiger partial charge on any atom is 0.128 e. The van der Waals surface area contributed by atoms with Gasteiger partial charge >= 0.3 is 0 Å². The molecule has 1 aliphatic rings. The highest BCUT2D eigenvalue weighted by Crippen LogP contribution is 2.30. The summed E-state index contributed by atoms with van der Waals surface area (Å²) in [6.45, 7) is 5.86. The molecule has 21 heavy (non-hydrogen) atoms. The summed E-state index contributed by atoms with van der Waals surface area (Å²) in [5.74, 6) is 0.929. The van der Waals surface area contributed by atoms with Crippen molar-refractivity contribution in [3.8, 4) is 5.75 Å². The third-order valence-electron chi connectivity index (χ3n) is 4.08. The van der Waals surface area contributed by atoms with E-state index in [0.717, 1.165) is 25.3 Å². The number of benzene rings is 2. The zero-order valence-electron chi connectivity index (χ0n) is 12.7. The Bertz CT molecular complexity index is 599. The van der Waals surface area contributed by atoms with Crippen LogP contribution in [0.25, 0.3) is 10.8 Å². The van der Waals surface area contributed by atoms with Crippen molar-refractivity contribution in [2.75, 3.05) is 13.2 Å². The van der Waals surface area contributed by atoms with E-state index in [0.29, 0.717) is 6.04 Å². The fraction of sp³-hybridized carbons (Fsp3) is 0.444. The molecule has 2 aromatic carbocycles. The highest BCUT2D eigenvalue weighted by molar-refractivity contribution is 5.83. The minimum absolute atomic E-state index is 0.148. The van der Waals surface area contributed by atoms with E-state index in [1.165, 1.54) is 10.8 Å². The fourth-order valence-corrected chi connectivity index (χ4v) is 2.99. The van der Waals surface area contributed by atoms with Crippen LogP contribution in [0.15, 0.2) is 42.5 Å². The number of rotatable bonds is 6. The molecule has 0 aliphatic heterocycles. The molecule has 0 aromatic heterocycles. The lowest BCUT2D eigenvalue weighted by Crippen LogP contribution is -2.61. The van der Waals surface area contributed by atoms with Crippen LogP contribution >= 0.6 is 0 Å². The van der Waals surface area contributed by atoms with Crippen molar-refractivity contribution in [3.05, 3.63) is 42.5 Å². The predicted molar refractivity (Wildman–Crippen MR) is 85.9 cm³/mol. The molecule has 0 radical (unpaired) electrons. The van der Waals surface area contributed by atoms with Gasteiger partial charge in [0.1, 0.15) is 18.0 Å². The summed E-state index contributed by atoms with van der Waals surface area (Å²) in [6.07, 6.45) is 1.31. The topological polar surface area (TPSA) is 30.5 Å². The third-order valence-corrected chi connectivity index (χ3v) is 4.08. The van der Waals surface area contributed by atoms with Crippen molar-refractivity contribution in [2.45, 2.75) is 38.5 Å². The SMILES string of the molecule is CCNC1CC(Oc2ccc3ccccc3c2)C1OCC. The molecule has 2 aromatic rings. The van der Waals surface area contributed by atoms with Crippen LogP contribution in [0.2, 0.25) is 0 Å². The molecule has 0 amide bonds. The van der Waals surface area contributed by atoms with Gasteiger partial charge in [-0.05, 0) is 36.4 Å². The van der Waals surface area contributed by atoms with E-state index in [4.69, 9.17) is 9.47 Å². The van der Waals surface area contributed by atoms with Crippen LogP contribution in [-0.4, -0.2) is 31.4 Å². The first-order chi connectivity index (χ1) is 10.3. The maximum atomic E-state index is 6.14. The summed E-state index contributed by atoms with van der Waals surface area (Å²) in [6, 6.07) is 15.0. The van der Waals surface area contributed by atoms with Gasteiger partial charge in [-0.15, -0.1) is 0 Å². The van der Waals surface area contributed by atoms with Crippen LogP contribution in [0.4, 0.5) is 0 Å². The highest BCUT2D eigenvalue weighted by atomic mass is 16.5. The highest BCUT2D eigenvalue weighted by Gasteiger charge is 2.43. The van der Waals surface area contributed by atoms with Gasteiger partial charge in [0.05, 0.1) is 0 Å². The average molecular weight is 285 g/mol. The summed E-state index contributed by atoms with van der Waals surface area (Å²) in [7, 11) is 0. The Morgan fingerprint density at radius 3 is 2.67 bits per heavy atom. The van der Waals surface area contributed by atoms with Crippen LogP contribution in [0.1, 0.15) is 20.3 Å². The lowest BCUT2D eigenvalue weighted by atomic mass is 9.85. The van der Waals surface area contributed by atoms with Gasteiger partial charge in [-0.2, -0.15) is 0 Å². The Hall–Kier alpha value is -1.58. The Labute approximate surface area is 126 Å². The second kappa shape index (κ2) is 6.46. The normalized spacial score (nSPS) is 24.8. The second-order valence-electron chi connectivity index (χ2n) is 5.49. The van der Waals surface area contributed by atoms with Crippen molar-refractivity contribution in [1.29, 1.82) is 0 Å². The molecular formula is C18H23NO2. The largest absolute Gasteiger partial charge is 0.488 e. The number of fused-ring (bicyclic) bond motifs is 1. The van der Waals surface area contributed by atoms with Gasteiger partial charge in [-0.1, -0.05) is 37.3 Å². The zero-order valence-corrected chi connectivity index (χ0v) is 12.7. The molecule has 1 saturated carbocycles. The number of hydrogen-bond donors (Lipinski definition) is 1. The molecule has 0 spiro atoms. The smallest absolute Gasteiger partial charge is 0.128 e. The van der Waals surface area contributed by atoms with Crippen molar-refractivity contribution in [3.63, 3.8) is 0 Å². The zero-order chi connectivity index (χ0) is 14.7. The monoisotopic (exact) mass is 285 g/mol. The van der Waals surface area contributed by atoms with Gasteiger partial charge in [-0.25, -0.2) is 0 Å². The Morgan fingerprint density at radius 2 is 1.90 bits per heavy atom. The van der Waals surface area contributed by atoms with Crippen LogP contribution in [0.3, 0.4) is 0 Å². The van der Waals surface area contributed by atoms with Crippen molar-refractivity contribution < 1.29 is 9.47 Å². The van der Waals surface area contributed by atoms with Gasteiger partial charge in [0.25, 0.3) is 0 Å². The van der Waals surface area contributed by atoms with Crippen molar-refractivity contribution in [2.24, 2.45) is 0 Å². The average Bonchev–Trinajstić information content (AvgIpc) is 2.51. The molecule has 1 N–H and O–H groups in total. The summed E-state index contributed by atoms with van der Waals surface area (Å²) < 4.78 is 12.0. The fourth-order valence-electron chi connectivity index (χ4n) is 2.99. The molecule has 3 heteroatoms. The van der Waals surface area contributed by atoms with E-state index in [1.807, 2.05) is 13.0 Å². The van der Waals surface area contributed by atoms with E-state index in [-0.39, 0.29) is 12.2 Å². The lowest BCUT2D eigenvalue weighted by Gasteiger charge is -2.44. The maximum absolute atomic E-state index is 6.14. The summed E-state index contributed by atoms with van der Waals surface area (Å²) in [5, 5.41) is 5.91. The van der Waals surface area contributed by atoms with E-state index in [9.17, 15) is 0 Å². The lowest BCUT2D eigenvalue weighted by molar-refractivity contribution is -0.104. The van der Waals surface area contributed by atoms with Gasteiger partial charge in [-0.3, -0.25) is 0 Å². The van der Waals surface area contributed by atoms with E-state index >= 15 is 0 Å². The Balaban J connectivity index is 1.70. The molecule has 3 rings (SSSR count). The standard InChI is InChI=1S/C18H23NO2/c1-3-19-16-12-17(18(16)20-4-2)21-15-10-9-13-7-5-6-8-14(13)11-15/h5-11,16-19H,3-4,12H2,1-2H3. The van der Waals surface area contributed by atoms with E-state index in [1.54, 1.807) is 0 Å². The van der Waals surface area contributed by atoms with Gasteiger partial charge in [0, 0.05) is 19.1 Å². The van der Waals surface area contributed by atoms with E-state index in [2.05, 4.69) is 48.6 Å². The molecule has 3 unspecified atom stereocenters. The molecule has 3 atom stereocenters. The molecule has 1 fully saturated rings. The Kier molecular flexibility index (Phi) is 4.42. The summed E-state index contributed by atoms with van der Waals surface area (Å²) in [5.41, 5.74) is 0. The molecular weight excluding hydrogens is 262 g/mol. The van der Waals surface area contributed by atoms with Crippen molar-refractivity contribution in [1.82, 2.24) is 5.32 Å². The molecule has 3 nitrogen and oxygen atoms in total. The number of hydrogen-bond acceptors (Lipinski definition) is 3. The molecule has 1 aliphatic carbocycles.